The molecule has 3 rings (SSSR count). The summed E-state index contributed by atoms with van der Waals surface area (Å²) in [7, 11) is -2.14. The van der Waals surface area contributed by atoms with Gasteiger partial charge >= 0.3 is 6.03 Å². The summed E-state index contributed by atoms with van der Waals surface area (Å²) in [6.45, 7) is 0.457. The second-order valence-corrected chi connectivity index (χ2v) is 7.88. The first-order valence-electron chi connectivity index (χ1n) is 8.71. The Kier molecular flexibility index (Phi) is 6.47. The van der Waals surface area contributed by atoms with Gasteiger partial charge in [-0.1, -0.05) is 12.1 Å². The van der Waals surface area contributed by atoms with Gasteiger partial charge in [0.2, 0.25) is 10.0 Å². The molecular formula is C19H21N5O4S. The van der Waals surface area contributed by atoms with Gasteiger partial charge in [0.1, 0.15) is 5.75 Å². The van der Waals surface area contributed by atoms with E-state index in [0.717, 1.165) is 11.1 Å². The number of H-pyrrole nitrogens is 1. The quantitative estimate of drug-likeness (QED) is 0.449. The number of hydrogen-bond acceptors (Lipinski definition) is 5. The molecule has 1 heterocycles. The monoisotopic (exact) mass is 415 g/mol. The number of aromatic amines is 1. The van der Waals surface area contributed by atoms with Gasteiger partial charge in [0.25, 0.3) is 0 Å². The normalized spacial score (nSPS) is 11.1. The molecule has 0 unspecified atom stereocenters. The van der Waals surface area contributed by atoms with E-state index >= 15 is 0 Å². The predicted molar refractivity (Wildman–Crippen MR) is 108 cm³/mol. The highest BCUT2D eigenvalue weighted by Gasteiger charge is 2.14. The fourth-order valence-corrected chi connectivity index (χ4v) is 3.51. The molecule has 0 bridgehead atoms. The SMILES string of the molecule is COc1cccc(CNS(=O)(=O)c2ccc(NC(=O)NCc3cn[nH]c3)cc2)c1. The highest BCUT2D eigenvalue weighted by molar-refractivity contribution is 7.89. The van der Waals surface area contributed by atoms with Crippen molar-refractivity contribution in [2.45, 2.75) is 18.0 Å². The Balaban J connectivity index is 1.55. The number of carbonyl (C=O) groups excluding carboxylic acids is 1. The van der Waals surface area contributed by atoms with Crippen molar-refractivity contribution in [2.24, 2.45) is 0 Å². The predicted octanol–water partition coefficient (Wildman–Crippen LogP) is 2.22. The minimum Gasteiger partial charge on any atom is -0.497 e. The van der Waals surface area contributed by atoms with Gasteiger partial charge in [-0.3, -0.25) is 5.10 Å². The molecule has 29 heavy (non-hydrogen) atoms. The van der Waals surface area contributed by atoms with E-state index in [0.29, 0.717) is 18.0 Å². The van der Waals surface area contributed by atoms with Gasteiger partial charge in [-0.2, -0.15) is 5.10 Å². The third-order valence-corrected chi connectivity index (χ3v) is 5.45. The molecule has 0 aliphatic carbocycles. The summed E-state index contributed by atoms with van der Waals surface area (Å²) in [6, 6.07) is 12.7. The van der Waals surface area contributed by atoms with Crippen molar-refractivity contribution in [3.05, 3.63) is 72.1 Å². The van der Waals surface area contributed by atoms with Crippen molar-refractivity contribution in [2.75, 3.05) is 12.4 Å². The molecule has 0 radical (unpaired) electrons. The van der Waals surface area contributed by atoms with Crippen molar-refractivity contribution in [3.63, 3.8) is 0 Å². The lowest BCUT2D eigenvalue weighted by atomic mass is 10.2. The van der Waals surface area contributed by atoms with Crippen LogP contribution in [-0.4, -0.2) is 31.8 Å². The second kappa shape index (κ2) is 9.22. The number of urea groups is 1. The van der Waals surface area contributed by atoms with Crippen LogP contribution in [0.25, 0.3) is 0 Å². The topological polar surface area (TPSA) is 125 Å². The summed E-state index contributed by atoms with van der Waals surface area (Å²) in [5.74, 6) is 0.656. The number of sulfonamides is 1. The van der Waals surface area contributed by atoms with Gasteiger partial charge in [0.05, 0.1) is 18.2 Å². The van der Waals surface area contributed by atoms with E-state index in [2.05, 4.69) is 25.6 Å². The fraction of sp³-hybridized carbons (Fsp3) is 0.158. The summed E-state index contributed by atoms with van der Waals surface area (Å²) in [5, 5.41) is 11.8. The van der Waals surface area contributed by atoms with Crippen molar-refractivity contribution < 1.29 is 17.9 Å². The molecule has 0 fully saturated rings. The first kappa shape index (κ1) is 20.4. The maximum atomic E-state index is 12.5. The zero-order chi connectivity index (χ0) is 20.7. The molecule has 4 N–H and O–H groups in total. The molecule has 2 amide bonds. The van der Waals surface area contributed by atoms with Gasteiger partial charge in [0.15, 0.2) is 0 Å². The van der Waals surface area contributed by atoms with E-state index in [1.807, 2.05) is 0 Å². The van der Waals surface area contributed by atoms with Crippen molar-refractivity contribution >= 4 is 21.7 Å². The van der Waals surface area contributed by atoms with E-state index in [-0.39, 0.29) is 11.4 Å². The van der Waals surface area contributed by atoms with Crippen LogP contribution in [0.4, 0.5) is 10.5 Å². The Hall–Kier alpha value is -3.37. The van der Waals surface area contributed by atoms with Gasteiger partial charge in [0, 0.05) is 30.5 Å². The third-order valence-electron chi connectivity index (χ3n) is 4.03. The average Bonchev–Trinajstić information content (AvgIpc) is 3.25. The van der Waals surface area contributed by atoms with Crippen LogP contribution in [0.15, 0.2) is 65.8 Å². The molecule has 0 aliphatic rings. The number of carbonyl (C=O) groups is 1. The first-order valence-corrected chi connectivity index (χ1v) is 10.2. The Labute approximate surface area is 168 Å². The standard InChI is InChI=1S/C19H21N5O4S/c1-28-17-4-2-3-14(9-17)13-23-29(26,27)18-7-5-16(6-8-18)24-19(25)20-10-15-11-21-22-12-15/h2-9,11-12,23H,10,13H2,1H3,(H,21,22)(H2,20,24,25). The van der Waals surface area contributed by atoms with E-state index in [4.69, 9.17) is 4.74 Å². The Bertz CT molecular complexity index is 1050. The average molecular weight is 415 g/mol. The van der Waals surface area contributed by atoms with E-state index in [9.17, 15) is 13.2 Å². The van der Waals surface area contributed by atoms with Gasteiger partial charge in [-0.15, -0.1) is 0 Å². The van der Waals surface area contributed by atoms with E-state index in [1.54, 1.807) is 43.8 Å². The molecule has 0 atom stereocenters. The third kappa shape index (κ3) is 5.80. The van der Waals surface area contributed by atoms with Crippen LogP contribution in [0.1, 0.15) is 11.1 Å². The van der Waals surface area contributed by atoms with Crippen LogP contribution < -0.4 is 20.1 Å². The van der Waals surface area contributed by atoms with Crippen molar-refractivity contribution in [1.29, 1.82) is 0 Å². The van der Waals surface area contributed by atoms with Crippen molar-refractivity contribution in [3.8, 4) is 5.75 Å². The van der Waals surface area contributed by atoms with Gasteiger partial charge in [-0.25, -0.2) is 17.9 Å². The van der Waals surface area contributed by atoms with Gasteiger partial charge < -0.3 is 15.4 Å². The molecule has 1 aromatic heterocycles. The zero-order valence-electron chi connectivity index (χ0n) is 15.7. The highest BCUT2D eigenvalue weighted by Crippen LogP contribution is 2.16. The van der Waals surface area contributed by atoms with Crippen LogP contribution in [0.5, 0.6) is 5.75 Å². The molecular weight excluding hydrogens is 394 g/mol. The molecule has 0 spiro atoms. The van der Waals surface area contributed by atoms with E-state index < -0.39 is 16.1 Å². The molecule has 9 nitrogen and oxygen atoms in total. The number of ether oxygens (including phenoxy) is 1. The Morgan fingerprint density at radius 3 is 2.59 bits per heavy atom. The lowest BCUT2D eigenvalue weighted by molar-refractivity contribution is 0.251. The maximum Gasteiger partial charge on any atom is 0.319 e. The molecule has 0 aliphatic heterocycles. The first-order chi connectivity index (χ1) is 14.0. The molecule has 0 saturated carbocycles. The minimum absolute atomic E-state index is 0.102. The van der Waals surface area contributed by atoms with Crippen molar-refractivity contribution in [1.82, 2.24) is 20.2 Å². The lowest BCUT2D eigenvalue weighted by Crippen LogP contribution is -2.28. The summed E-state index contributed by atoms with van der Waals surface area (Å²) < 4.78 is 32.6. The maximum absolute atomic E-state index is 12.5. The summed E-state index contributed by atoms with van der Waals surface area (Å²) >= 11 is 0. The molecule has 152 valence electrons. The number of methoxy groups -OCH3 is 1. The number of amides is 2. The number of rotatable bonds is 8. The number of aromatic nitrogens is 2. The van der Waals surface area contributed by atoms with Crippen LogP contribution in [0, 0.1) is 0 Å². The summed E-state index contributed by atoms with van der Waals surface area (Å²) in [5.41, 5.74) is 2.09. The van der Waals surface area contributed by atoms with Crippen LogP contribution in [-0.2, 0) is 23.1 Å². The smallest absolute Gasteiger partial charge is 0.319 e. The van der Waals surface area contributed by atoms with Crippen LogP contribution in [0.2, 0.25) is 0 Å². The zero-order valence-corrected chi connectivity index (χ0v) is 16.5. The summed E-state index contributed by atoms with van der Waals surface area (Å²) in [4.78, 5) is 12.0. The second-order valence-electron chi connectivity index (χ2n) is 6.11. The number of benzene rings is 2. The van der Waals surface area contributed by atoms with Crippen LogP contribution >= 0.6 is 0 Å². The Morgan fingerprint density at radius 1 is 1.10 bits per heavy atom. The van der Waals surface area contributed by atoms with E-state index in [1.165, 1.54) is 24.3 Å². The fourth-order valence-electron chi connectivity index (χ4n) is 2.49. The number of nitrogens with zero attached hydrogens (tertiary/aromatic N) is 1. The number of hydrogen-bond donors (Lipinski definition) is 4. The summed E-state index contributed by atoms with van der Waals surface area (Å²) in [6.07, 6.45) is 3.29. The molecule has 3 aromatic rings. The highest BCUT2D eigenvalue weighted by atomic mass is 32.2. The molecule has 2 aromatic carbocycles. The lowest BCUT2D eigenvalue weighted by Gasteiger charge is -2.10. The Morgan fingerprint density at radius 2 is 1.90 bits per heavy atom. The largest absolute Gasteiger partial charge is 0.497 e. The number of nitrogens with one attached hydrogen (secondary N) is 4. The molecule has 0 saturated heterocycles. The van der Waals surface area contributed by atoms with Crippen LogP contribution in [0.3, 0.4) is 0 Å². The van der Waals surface area contributed by atoms with Gasteiger partial charge in [-0.05, 0) is 42.0 Å². The number of anilines is 1. The molecule has 10 heteroatoms. The minimum atomic E-state index is -3.69.